The number of rotatable bonds is 3. The van der Waals surface area contributed by atoms with Gasteiger partial charge in [-0.2, -0.15) is 13.2 Å². The molecule has 1 aromatic rings. The van der Waals surface area contributed by atoms with Crippen molar-refractivity contribution in [3.8, 4) is 0 Å². The van der Waals surface area contributed by atoms with E-state index in [4.69, 9.17) is 5.11 Å². The van der Waals surface area contributed by atoms with E-state index in [-0.39, 0.29) is 12.0 Å². The largest absolute Gasteiger partial charge is 0.481 e. The van der Waals surface area contributed by atoms with E-state index in [0.29, 0.717) is 19.4 Å². The molecule has 0 aromatic heterocycles. The first kappa shape index (κ1) is 15.3. The quantitative estimate of drug-likeness (QED) is 0.934. The summed E-state index contributed by atoms with van der Waals surface area (Å²) in [5.74, 6) is -1.42. The third-order valence-electron chi connectivity index (χ3n) is 3.51. The topological polar surface area (TPSA) is 57.6 Å². The van der Waals surface area contributed by atoms with Crippen molar-refractivity contribution in [2.24, 2.45) is 0 Å². The van der Waals surface area contributed by atoms with Gasteiger partial charge in [-0.3, -0.25) is 9.59 Å². The van der Waals surface area contributed by atoms with E-state index < -0.39 is 29.7 Å². The molecule has 0 bridgehead atoms. The number of likely N-dealkylation sites (tertiary alicyclic amines) is 1. The molecule has 1 atom stereocenters. The fraction of sp³-hybridized carbons (Fsp3) is 0.429. The van der Waals surface area contributed by atoms with E-state index >= 15 is 0 Å². The summed E-state index contributed by atoms with van der Waals surface area (Å²) in [5.41, 5.74) is -0.678. The van der Waals surface area contributed by atoms with Crippen molar-refractivity contribution in [1.29, 1.82) is 0 Å². The van der Waals surface area contributed by atoms with Gasteiger partial charge in [0.05, 0.1) is 12.0 Å². The Kier molecular flexibility index (Phi) is 4.20. The number of halogens is 3. The Balaban J connectivity index is 2.14. The Morgan fingerprint density at radius 1 is 1.24 bits per heavy atom. The second-order valence-electron chi connectivity index (χ2n) is 4.97. The van der Waals surface area contributed by atoms with Gasteiger partial charge in [-0.25, -0.2) is 0 Å². The first-order valence-corrected chi connectivity index (χ1v) is 6.49. The predicted molar refractivity (Wildman–Crippen MR) is 67.8 cm³/mol. The summed E-state index contributed by atoms with van der Waals surface area (Å²) in [6, 6.07) is 3.57. The molecule has 1 aliphatic rings. The molecule has 4 nitrogen and oxygen atoms in total. The van der Waals surface area contributed by atoms with Gasteiger partial charge in [0.1, 0.15) is 0 Å². The normalized spacial score (nSPS) is 18.8. The molecule has 1 N–H and O–H groups in total. The van der Waals surface area contributed by atoms with Gasteiger partial charge in [-0.1, -0.05) is 0 Å². The number of hydrogen-bond acceptors (Lipinski definition) is 2. The maximum absolute atomic E-state index is 12.5. The molecule has 7 heteroatoms. The number of benzene rings is 1. The van der Waals surface area contributed by atoms with Gasteiger partial charge in [-0.15, -0.1) is 0 Å². The zero-order valence-corrected chi connectivity index (χ0v) is 11.1. The summed E-state index contributed by atoms with van der Waals surface area (Å²) in [6.07, 6.45) is -3.30. The van der Waals surface area contributed by atoms with Gasteiger partial charge in [0.15, 0.2) is 0 Å². The van der Waals surface area contributed by atoms with Gasteiger partial charge in [0, 0.05) is 18.2 Å². The Bertz CT molecular complexity index is 539. The zero-order valence-electron chi connectivity index (χ0n) is 11.1. The van der Waals surface area contributed by atoms with Crippen LogP contribution in [0.25, 0.3) is 0 Å². The zero-order chi connectivity index (χ0) is 15.6. The smallest absolute Gasteiger partial charge is 0.416 e. The molecule has 0 aliphatic carbocycles. The molecule has 1 amide bonds. The second-order valence-corrected chi connectivity index (χ2v) is 4.97. The van der Waals surface area contributed by atoms with Crippen LogP contribution in [0.15, 0.2) is 24.3 Å². The molecule has 0 spiro atoms. The highest BCUT2D eigenvalue weighted by Crippen LogP contribution is 2.30. The third-order valence-corrected chi connectivity index (χ3v) is 3.51. The average molecular weight is 301 g/mol. The van der Waals surface area contributed by atoms with Crippen LogP contribution in [0, 0.1) is 0 Å². The van der Waals surface area contributed by atoms with Crippen LogP contribution in [0.2, 0.25) is 0 Å². The lowest BCUT2D eigenvalue weighted by Gasteiger charge is -2.23. The average Bonchev–Trinajstić information content (AvgIpc) is 2.84. The lowest BCUT2D eigenvalue weighted by atomic mass is 10.1. The molecule has 0 radical (unpaired) electrons. The van der Waals surface area contributed by atoms with Gasteiger partial charge >= 0.3 is 12.1 Å². The van der Waals surface area contributed by atoms with Crippen LogP contribution in [-0.4, -0.2) is 34.5 Å². The van der Waals surface area contributed by atoms with Crippen molar-refractivity contribution in [3.63, 3.8) is 0 Å². The Labute approximate surface area is 119 Å². The highest BCUT2D eigenvalue weighted by Gasteiger charge is 2.33. The molecular formula is C14H14F3NO3. The number of carboxylic acid groups (broad SMARTS) is 1. The number of amides is 1. The van der Waals surface area contributed by atoms with E-state index in [0.717, 1.165) is 24.3 Å². The first-order chi connectivity index (χ1) is 9.79. The van der Waals surface area contributed by atoms with E-state index in [9.17, 15) is 22.8 Å². The fourth-order valence-electron chi connectivity index (χ4n) is 2.48. The van der Waals surface area contributed by atoms with Crippen LogP contribution in [0.1, 0.15) is 35.2 Å². The van der Waals surface area contributed by atoms with E-state index in [1.165, 1.54) is 4.90 Å². The van der Waals surface area contributed by atoms with Crippen molar-refractivity contribution < 1.29 is 27.9 Å². The van der Waals surface area contributed by atoms with Crippen LogP contribution in [0.4, 0.5) is 13.2 Å². The molecule has 21 heavy (non-hydrogen) atoms. The minimum atomic E-state index is -4.44. The molecule has 1 unspecified atom stereocenters. The number of nitrogens with zero attached hydrogens (tertiary/aromatic N) is 1. The standard InChI is InChI=1S/C14H14F3NO3/c15-14(16,17)10-5-3-9(4-6-10)13(21)18-7-1-2-11(18)8-12(19)20/h3-6,11H,1-2,7-8H2,(H,19,20). The Morgan fingerprint density at radius 2 is 1.86 bits per heavy atom. The Morgan fingerprint density at radius 3 is 2.38 bits per heavy atom. The molecule has 1 saturated heterocycles. The molecule has 114 valence electrons. The number of carbonyl (C=O) groups is 2. The number of hydrogen-bond donors (Lipinski definition) is 1. The molecule has 1 aromatic carbocycles. The van der Waals surface area contributed by atoms with Crippen molar-refractivity contribution >= 4 is 11.9 Å². The number of aliphatic carboxylic acids is 1. The lowest BCUT2D eigenvalue weighted by molar-refractivity contribution is -0.138. The molecule has 1 aliphatic heterocycles. The molecular weight excluding hydrogens is 287 g/mol. The lowest BCUT2D eigenvalue weighted by Crippen LogP contribution is -2.36. The van der Waals surface area contributed by atoms with Crippen LogP contribution in [0.5, 0.6) is 0 Å². The van der Waals surface area contributed by atoms with Crippen molar-refractivity contribution in [1.82, 2.24) is 4.90 Å². The minimum absolute atomic E-state index is 0.139. The maximum Gasteiger partial charge on any atom is 0.416 e. The summed E-state index contributed by atoms with van der Waals surface area (Å²) >= 11 is 0. The summed E-state index contributed by atoms with van der Waals surface area (Å²) in [5, 5.41) is 8.81. The molecule has 2 rings (SSSR count). The summed E-state index contributed by atoms with van der Waals surface area (Å²) in [7, 11) is 0. The van der Waals surface area contributed by atoms with Gasteiger partial charge < -0.3 is 10.0 Å². The van der Waals surface area contributed by atoms with Crippen LogP contribution in [0.3, 0.4) is 0 Å². The number of carbonyl (C=O) groups excluding carboxylic acids is 1. The second kappa shape index (κ2) is 5.75. The van der Waals surface area contributed by atoms with Crippen molar-refractivity contribution in [2.45, 2.75) is 31.5 Å². The third kappa shape index (κ3) is 3.53. The fourth-order valence-corrected chi connectivity index (χ4v) is 2.48. The van der Waals surface area contributed by atoms with Crippen LogP contribution in [-0.2, 0) is 11.0 Å². The number of carboxylic acids is 1. The van der Waals surface area contributed by atoms with E-state index in [1.807, 2.05) is 0 Å². The summed E-state index contributed by atoms with van der Waals surface area (Å²) < 4.78 is 37.4. The SMILES string of the molecule is O=C(O)CC1CCCN1C(=O)c1ccc(C(F)(F)F)cc1. The highest BCUT2D eigenvalue weighted by atomic mass is 19.4. The van der Waals surface area contributed by atoms with Crippen molar-refractivity contribution in [3.05, 3.63) is 35.4 Å². The first-order valence-electron chi connectivity index (χ1n) is 6.49. The maximum atomic E-state index is 12.5. The van der Waals surface area contributed by atoms with Crippen molar-refractivity contribution in [2.75, 3.05) is 6.54 Å². The van der Waals surface area contributed by atoms with E-state index in [1.54, 1.807) is 0 Å². The molecule has 1 heterocycles. The monoisotopic (exact) mass is 301 g/mol. The van der Waals surface area contributed by atoms with E-state index in [2.05, 4.69) is 0 Å². The van der Waals surface area contributed by atoms with Crippen LogP contribution < -0.4 is 0 Å². The predicted octanol–water partition coefficient (Wildman–Crippen LogP) is 2.78. The van der Waals surface area contributed by atoms with Gasteiger partial charge in [0.2, 0.25) is 0 Å². The highest BCUT2D eigenvalue weighted by molar-refractivity contribution is 5.94. The van der Waals surface area contributed by atoms with Gasteiger partial charge in [-0.05, 0) is 37.1 Å². The molecule has 1 fully saturated rings. The number of alkyl halides is 3. The summed E-state index contributed by atoms with van der Waals surface area (Å²) in [4.78, 5) is 24.4. The molecule has 0 saturated carbocycles. The minimum Gasteiger partial charge on any atom is -0.481 e. The van der Waals surface area contributed by atoms with Gasteiger partial charge in [0.25, 0.3) is 5.91 Å². The summed E-state index contributed by atoms with van der Waals surface area (Å²) in [6.45, 7) is 0.428. The Hall–Kier alpha value is -2.05. The van der Waals surface area contributed by atoms with Crippen LogP contribution >= 0.6 is 0 Å².